The number of benzene rings is 1. The van der Waals surface area contributed by atoms with Gasteiger partial charge in [0.1, 0.15) is 0 Å². The first-order chi connectivity index (χ1) is 8.55. The number of hydrogen-bond acceptors (Lipinski definition) is 4. The first kappa shape index (κ1) is 14.0. The summed E-state index contributed by atoms with van der Waals surface area (Å²) in [4.78, 5) is 0. The summed E-state index contributed by atoms with van der Waals surface area (Å²) < 4.78 is 34.5. The predicted octanol–water partition coefficient (Wildman–Crippen LogP) is 3.54. The maximum atomic E-state index is 12.9. The van der Waals surface area contributed by atoms with Crippen LogP contribution in [0.4, 0.5) is 8.78 Å². The van der Waals surface area contributed by atoms with Crippen molar-refractivity contribution in [3.63, 3.8) is 0 Å². The number of thiophene rings is 1. The number of hydrogen-bond donors (Lipinski definition) is 1. The highest BCUT2D eigenvalue weighted by atomic mass is 35.5. The van der Waals surface area contributed by atoms with Gasteiger partial charge in [-0.3, -0.25) is 0 Å². The Bertz CT molecular complexity index is 577. The molecule has 1 aliphatic rings. The van der Waals surface area contributed by atoms with Crippen molar-refractivity contribution < 1.29 is 18.3 Å². The van der Waals surface area contributed by atoms with E-state index in [1.807, 2.05) is 16.8 Å². The molecule has 0 amide bonds. The van der Waals surface area contributed by atoms with Crippen molar-refractivity contribution in [3.8, 4) is 11.5 Å². The standard InChI is InChI=1S/C12H9F2NO2S.ClH/c13-12(14)16-9-2-1-7(5-10(9)17-12)11(15)8-3-4-18-6-8;/h1-6,11H,15H2;1H/t11-;/m1./s1. The molecule has 7 heteroatoms. The monoisotopic (exact) mass is 305 g/mol. The molecule has 0 aliphatic carbocycles. The van der Waals surface area contributed by atoms with E-state index in [4.69, 9.17) is 5.73 Å². The third kappa shape index (κ3) is 2.65. The fourth-order valence-corrected chi connectivity index (χ4v) is 2.50. The first-order valence-electron chi connectivity index (χ1n) is 5.23. The Balaban J connectivity index is 0.00000133. The Morgan fingerprint density at radius 1 is 1.11 bits per heavy atom. The first-order valence-corrected chi connectivity index (χ1v) is 6.17. The molecule has 1 aromatic carbocycles. The number of fused-ring (bicyclic) bond motifs is 1. The molecule has 1 aliphatic heterocycles. The number of ether oxygens (including phenoxy) is 2. The van der Waals surface area contributed by atoms with Crippen molar-refractivity contribution in [2.45, 2.75) is 12.3 Å². The van der Waals surface area contributed by atoms with Crippen molar-refractivity contribution in [1.29, 1.82) is 0 Å². The van der Waals surface area contributed by atoms with Crippen LogP contribution in [0, 0.1) is 0 Å². The van der Waals surface area contributed by atoms with Crippen LogP contribution in [-0.4, -0.2) is 6.29 Å². The van der Waals surface area contributed by atoms with E-state index in [0.29, 0.717) is 5.56 Å². The molecule has 0 bridgehead atoms. The van der Waals surface area contributed by atoms with Gasteiger partial charge in [0, 0.05) is 0 Å². The summed E-state index contributed by atoms with van der Waals surface area (Å²) in [7, 11) is 0. The smallest absolute Gasteiger partial charge is 0.395 e. The zero-order valence-corrected chi connectivity index (χ0v) is 11.1. The number of alkyl halides is 2. The van der Waals surface area contributed by atoms with Crippen LogP contribution in [0.3, 0.4) is 0 Å². The molecule has 2 heterocycles. The number of halogens is 3. The van der Waals surface area contributed by atoms with Gasteiger partial charge in [-0.1, -0.05) is 6.07 Å². The molecule has 0 unspecified atom stereocenters. The normalized spacial score (nSPS) is 16.8. The molecule has 1 atom stereocenters. The molecule has 0 spiro atoms. The molecule has 1 aromatic heterocycles. The van der Waals surface area contributed by atoms with Gasteiger partial charge in [0.25, 0.3) is 0 Å². The quantitative estimate of drug-likeness (QED) is 0.923. The third-order valence-corrected chi connectivity index (χ3v) is 3.39. The lowest BCUT2D eigenvalue weighted by Gasteiger charge is -2.10. The fourth-order valence-electron chi connectivity index (χ4n) is 1.80. The van der Waals surface area contributed by atoms with Crippen LogP contribution < -0.4 is 15.2 Å². The van der Waals surface area contributed by atoms with Crippen LogP contribution in [0.5, 0.6) is 11.5 Å². The molecule has 102 valence electrons. The summed E-state index contributed by atoms with van der Waals surface area (Å²) in [5, 5.41) is 3.83. The fraction of sp³-hybridized carbons (Fsp3) is 0.167. The van der Waals surface area contributed by atoms with Crippen LogP contribution in [0.25, 0.3) is 0 Å². The van der Waals surface area contributed by atoms with Crippen LogP contribution in [-0.2, 0) is 0 Å². The van der Waals surface area contributed by atoms with E-state index in [1.54, 1.807) is 6.07 Å². The van der Waals surface area contributed by atoms with Crippen molar-refractivity contribution >= 4 is 23.7 Å². The number of nitrogens with two attached hydrogens (primary N) is 1. The van der Waals surface area contributed by atoms with Crippen molar-refractivity contribution in [3.05, 3.63) is 46.2 Å². The van der Waals surface area contributed by atoms with E-state index in [2.05, 4.69) is 9.47 Å². The van der Waals surface area contributed by atoms with Gasteiger partial charge in [-0.2, -0.15) is 11.3 Å². The Kier molecular flexibility index (Phi) is 3.66. The van der Waals surface area contributed by atoms with Gasteiger partial charge in [0.15, 0.2) is 11.5 Å². The van der Waals surface area contributed by atoms with E-state index < -0.39 is 6.29 Å². The van der Waals surface area contributed by atoms with Gasteiger partial charge in [-0.05, 0) is 40.1 Å². The Labute approximate surface area is 118 Å². The maximum absolute atomic E-state index is 12.9. The minimum absolute atomic E-state index is 0. The van der Waals surface area contributed by atoms with Crippen LogP contribution in [0.1, 0.15) is 17.2 Å². The summed E-state index contributed by atoms with van der Waals surface area (Å²) in [5.74, 6) is 0.0458. The highest BCUT2D eigenvalue weighted by molar-refractivity contribution is 7.08. The van der Waals surface area contributed by atoms with E-state index in [0.717, 1.165) is 5.56 Å². The largest absolute Gasteiger partial charge is 0.586 e. The second-order valence-electron chi connectivity index (χ2n) is 3.91. The molecular formula is C12H10ClF2NO2S. The Hall–Kier alpha value is -1.37. The topological polar surface area (TPSA) is 44.5 Å². The molecule has 0 saturated carbocycles. The van der Waals surface area contributed by atoms with Gasteiger partial charge in [0.05, 0.1) is 6.04 Å². The minimum atomic E-state index is -3.59. The molecule has 3 nitrogen and oxygen atoms in total. The van der Waals surface area contributed by atoms with E-state index in [9.17, 15) is 8.78 Å². The predicted molar refractivity (Wildman–Crippen MR) is 70.2 cm³/mol. The molecule has 0 radical (unpaired) electrons. The molecule has 0 fully saturated rings. The van der Waals surface area contributed by atoms with Crippen molar-refractivity contribution in [2.75, 3.05) is 0 Å². The highest BCUT2D eigenvalue weighted by Gasteiger charge is 2.43. The average molecular weight is 306 g/mol. The summed E-state index contributed by atoms with van der Waals surface area (Å²) in [5.41, 5.74) is 7.68. The summed E-state index contributed by atoms with van der Waals surface area (Å²) in [6, 6.07) is 6.12. The van der Waals surface area contributed by atoms with Crippen molar-refractivity contribution in [2.24, 2.45) is 5.73 Å². The van der Waals surface area contributed by atoms with Gasteiger partial charge >= 0.3 is 6.29 Å². The lowest BCUT2D eigenvalue weighted by Crippen LogP contribution is -2.25. The zero-order chi connectivity index (χ0) is 12.8. The van der Waals surface area contributed by atoms with Gasteiger partial charge in [-0.25, -0.2) is 0 Å². The molecule has 0 saturated heterocycles. The van der Waals surface area contributed by atoms with E-state index in [-0.39, 0.29) is 29.9 Å². The Morgan fingerprint density at radius 3 is 2.53 bits per heavy atom. The van der Waals surface area contributed by atoms with Crippen LogP contribution in [0.2, 0.25) is 0 Å². The minimum Gasteiger partial charge on any atom is -0.395 e. The maximum Gasteiger partial charge on any atom is 0.586 e. The van der Waals surface area contributed by atoms with Gasteiger partial charge < -0.3 is 15.2 Å². The second-order valence-corrected chi connectivity index (χ2v) is 4.69. The lowest BCUT2D eigenvalue weighted by atomic mass is 10.0. The second kappa shape index (κ2) is 4.96. The summed E-state index contributed by atoms with van der Waals surface area (Å²) in [6.45, 7) is 0. The molecule has 2 aromatic rings. The molecule has 3 rings (SSSR count). The average Bonchev–Trinajstić information content (AvgIpc) is 2.91. The van der Waals surface area contributed by atoms with E-state index in [1.165, 1.54) is 23.5 Å². The molecule has 2 N–H and O–H groups in total. The van der Waals surface area contributed by atoms with Crippen molar-refractivity contribution in [1.82, 2.24) is 0 Å². The third-order valence-electron chi connectivity index (χ3n) is 2.69. The van der Waals surface area contributed by atoms with Gasteiger partial charge in [0.2, 0.25) is 0 Å². The summed E-state index contributed by atoms with van der Waals surface area (Å²) in [6.07, 6.45) is -3.59. The number of rotatable bonds is 2. The Morgan fingerprint density at radius 2 is 1.84 bits per heavy atom. The zero-order valence-electron chi connectivity index (χ0n) is 9.51. The van der Waals surface area contributed by atoms with Crippen LogP contribution >= 0.6 is 23.7 Å². The molecular weight excluding hydrogens is 296 g/mol. The van der Waals surface area contributed by atoms with E-state index >= 15 is 0 Å². The SMILES string of the molecule is Cl.N[C@@H](c1ccsc1)c1ccc2c(c1)OC(F)(F)O2. The lowest BCUT2D eigenvalue weighted by molar-refractivity contribution is -0.286. The van der Waals surface area contributed by atoms with Crippen LogP contribution in [0.15, 0.2) is 35.0 Å². The highest BCUT2D eigenvalue weighted by Crippen LogP contribution is 2.42. The summed E-state index contributed by atoms with van der Waals surface area (Å²) >= 11 is 1.53. The molecule has 19 heavy (non-hydrogen) atoms. The van der Waals surface area contributed by atoms with Gasteiger partial charge in [-0.15, -0.1) is 21.2 Å².